The number of hydrogen-bond donors (Lipinski definition) is 1. The Kier molecular flexibility index (Phi) is 4.08. The molecule has 0 bridgehead atoms. The molecule has 0 amide bonds. The first kappa shape index (κ1) is 13.8. The number of carboxylic acid groups (broad SMARTS) is 1. The van der Waals surface area contributed by atoms with Crippen molar-refractivity contribution in [3.8, 4) is 11.3 Å². The van der Waals surface area contributed by atoms with Crippen molar-refractivity contribution in [3.63, 3.8) is 0 Å². The maximum atomic E-state index is 10.8. The van der Waals surface area contributed by atoms with Gasteiger partial charge in [-0.2, -0.15) is 0 Å². The normalized spacial score (nSPS) is 10.5. The van der Waals surface area contributed by atoms with Gasteiger partial charge in [-0.1, -0.05) is 35.3 Å². The van der Waals surface area contributed by atoms with Gasteiger partial charge in [-0.25, -0.2) is 0 Å². The average Bonchev–Trinajstić information content (AvgIpc) is 2.31. The molecule has 2 aromatic rings. The lowest BCUT2D eigenvalue weighted by atomic mass is 10.1. The van der Waals surface area contributed by atoms with Crippen LogP contribution in [-0.2, 0) is 11.2 Å². The van der Waals surface area contributed by atoms with Crippen molar-refractivity contribution in [1.29, 1.82) is 0 Å². The maximum absolute atomic E-state index is 10.8. The molecule has 2 rings (SSSR count). The van der Waals surface area contributed by atoms with Crippen LogP contribution in [0.3, 0.4) is 0 Å². The van der Waals surface area contributed by atoms with E-state index in [1.165, 1.54) is 0 Å². The molecule has 0 saturated carbocycles. The zero-order chi connectivity index (χ0) is 14.0. The molecule has 1 aromatic carbocycles. The molecule has 0 aliphatic rings. The summed E-state index contributed by atoms with van der Waals surface area (Å²) in [6.45, 7) is 1.81. The number of nitrogens with zero attached hydrogens (tertiary/aromatic N) is 1. The van der Waals surface area contributed by atoms with Crippen molar-refractivity contribution in [2.75, 3.05) is 0 Å². The van der Waals surface area contributed by atoms with E-state index in [-0.39, 0.29) is 6.42 Å². The van der Waals surface area contributed by atoms with Gasteiger partial charge in [-0.15, -0.1) is 0 Å². The molecule has 1 N–H and O–H groups in total. The minimum Gasteiger partial charge on any atom is -0.481 e. The average molecular weight is 296 g/mol. The second-order valence-electron chi connectivity index (χ2n) is 4.17. The van der Waals surface area contributed by atoms with Gasteiger partial charge in [0.25, 0.3) is 0 Å². The summed E-state index contributed by atoms with van der Waals surface area (Å²) in [5.74, 6) is -0.881. The number of carbonyl (C=O) groups is 1. The quantitative estimate of drug-likeness (QED) is 0.931. The van der Waals surface area contributed by atoms with E-state index >= 15 is 0 Å². The van der Waals surface area contributed by atoms with E-state index in [9.17, 15) is 4.79 Å². The number of rotatable bonds is 3. The van der Waals surface area contributed by atoms with Gasteiger partial charge in [0, 0.05) is 11.3 Å². The summed E-state index contributed by atoms with van der Waals surface area (Å²) in [7, 11) is 0. The smallest absolute Gasteiger partial charge is 0.307 e. The van der Waals surface area contributed by atoms with Gasteiger partial charge in [0.1, 0.15) is 0 Å². The Morgan fingerprint density at radius 1 is 1.32 bits per heavy atom. The zero-order valence-corrected chi connectivity index (χ0v) is 11.7. The van der Waals surface area contributed by atoms with Crippen molar-refractivity contribution < 1.29 is 9.90 Å². The van der Waals surface area contributed by atoms with Crippen molar-refractivity contribution in [3.05, 3.63) is 51.6 Å². The lowest BCUT2D eigenvalue weighted by Gasteiger charge is -2.08. The van der Waals surface area contributed by atoms with E-state index < -0.39 is 5.97 Å². The Morgan fingerprint density at radius 2 is 2.05 bits per heavy atom. The molecular weight excluding hydrogens is 285 g/mol. The van der Waals surface area contributed by atoms with Crippen molar-refractivity contribution >= 4 is 29.2 Å². The first-order valence-electron chi connectivity index (χ1n) is 5.61. The standard InChI is InChI=1S/C14H11Cl2NO2/c1-8-5-9(7-13(18)19)6-12(17-8)10-3-2-4-11(15)14(10)16/h2-6H,7H2,1H3,(H,18,19). The van der Waals surface area contributed by atoms with Crippen LogP contribution in [0, 0.1) is 6.92 Å². The van der Waals surface area contributed by atoms with Crippen LogP contribution < -0.4 is 0 Å². The second-order valence-corrected chi connectivity index (χ2v) is 4.96. The van der Waals surface area contributed by atoms with Crippen molar-refractivity contribution in [1.82, 2.24) is 4.98 Å². The number of halogens is 2. The van der Waals surface area contributed by atoms with Crippen LogP contribution in [0.25, 0.3) is 11.3 Å². The second kappa shape index (κ2) is 5.59. The van der Waals surface area contributed by atoms with Crippen LogP contribution in [0.5, 0.6) is 0 Å². The molecule has 0 atom stereocenters. The predicted molar refractivity (Wildman–Crippen MR) is 75.8 cm³/mol. The third kappa shape index (κ3) is 3.25. The summed E-state index contributed by atoms with van der Waals surface area (Å²) < 4.78 is 0. The summed E-state index contributed by atoms with van der Waals surface area (Å²) in [6, 6.07) is 8.75. The summed E-state index contributed by atoms with van der Waals surface area (Å²) in [5.41, 5.74) is 2.75. The van der Waals surface area contributed by atoms with E-state index in [0.29, 0.717) is 26.9 Å². The Labute approximate surface area is 120 Å². The minimum atomic E-state index is -0.881. The van der Waals surface area contributed by atoms with E-state index in [1.54, 1.807) is 30.3 Å². The molecular formula is C14H11Cl2NO2. The highest BCUT2D eigenvalue weighted by molar-refractivity contribution is 6.43. The Balaban J connectivity index is 2.53. The van der Waals surface area contributed by atoms with Gasteiger partial charge in [0.05, 0.1) is 22.2 Å². The molecule has 98 valence electrons. The third-order valence-electron chi connectivity index (χ3n) is 2.60. The summed E-state index contributed by atoms with van der Waals surface area (Å²) in [6.07, 6.45) is -0.0471. The fourth-order valence-electron chi connectivity index (χ4n) is 1.86. The molecule has 3 nitrogen and oxygen atoms in total. The molecule has 1 aromatic heterocycles. The topological polar surface area (TPSA) is 50.2 Å². The van der Waals surface area contributed by atoms with Gasteiger partial charge >= 0.3 is 5.97 Å². The minimum absolute atomic E-state index is 0.0471. The number of aryl methyl sites for hydroxylation is 1. The fourth-order valence-corrected chi connectivity index (χ4v) is 2.25. The third-order valence-corrected chi connectivity index (χ3v) is 3.42. The molecule has 0 radical (unpaired) electrons. The highest BCUT2D eigenvalue weighted by atomic mass is 35.5. The summed E-state index contributed by atoms with van der Waals surface area (Å²) in [4.78, 5) is 15.2. The number of aliphatic carboxylic acids is 1. The number of pyridine rings is 1. The SMILES string of the molecule is Cc1cc(CC(=O)O)cc(-c2cccc(Cl)c2Cl)n1. The van der Waals surface area contributed by atoms with Crippen molar-refractivity contribution in [2.24, 2.45) is 0 Å². The largest absolute Gasteiger partial charge is 0.481 e. The number of carboxylic acids is 1. The van der Waals surface area contributed by atoms with E-state index in [1.807, 2.05) is 6.92 Å². The van der Waals surface area contributed by atoms with Crippen LogP contribution in [0.1, 0.15) is 11.3 Å². The van der Waals surface area contributed by atoms with Crippen LogP contribution in [0.15, 0.2) is 30.3 Å². The molecule has 5 heteroatoms. The lowest BCUT2D eigenvalue weighted by molar-refractivity contribution is -0.136. The van der Waals surface area contributed by atoms with E-state index in [0.717, 1.165) is 5.69 Å². The molecule has 0 aliphatic carbocycles. The highest BCUT2D eigenvalue weighted by Crippen LogP contribution is 2.32. The summed E-state index contributed by atoms with van der Waals surface area (Å²) in [5, 5.41) is 9.72. The van der Waals surface area contributed by atoms with E-state index in [4.69, 9.17) is 28.3 Å². The molecule has 0 saturated heterocycles. The van der Waals surface area contributed by atoms with E-state index in [2.05, 4.69) is 4.98 Å². The molecule has 1 heterocycles. The van der Waals surface area contributed by atoms with Crippen LogP contribution in [-0.4, -0.2) is 16.1 Å². The van der Waals surface area contributed by atoms with Crippen molar-refractivity contribution in [2.45, 2.75) is 13.3 Å². The van der Waals surface area contributed by atoms with Crippen LogP contribution in [0.4, 0.5) is 0 Å². The number of hydrogen-bond acceptors (Lipinski definition) is 2. The maximum Gasteiger partial charge on any atom is 0.307 e. The first-order chi connectivity index (χ1) is 8.97. The number of benzene rings is 1. The molecule has 0 aliphatic heterocycles. The van der Waals surface area contributed by atoms with Gasteiger partial charge in [-0.05, 0) is 30.7 Å². The lowest BCUT2D eigenvalue weighted by Crippen LogP contribution is -2.01. The Morgan fingerprint density at radius 3 is 2.74 bits per heavy atom. The predicted octanol–water partition coefficient (Wildman–Crippen LogP) is 3.99. The molecule has 0 spiro atoms. The Bertz CT molecular complexity index is 641. The number of aromatic nitrogens is 1. The molecule has 19 heavy (non-hydrogen) atoms. The van der Waals surface area contributed by atoms with Gasteiger partial charge in [-0.3, -0.25) is 9.78 Å². The van der Waals surface area contributed by atoms with Crippen LogP contribution in [0.2, 0.25) is 10.0 Å². The zero-order valence-electron chi connectivity index (χ0n) is 10.2. The van der Waals surface area contributed by atoms with Crippen LogP contribution >= 0.6 is 23.2 Å². The Hall–Kier alpha value is -1.58. The fraction of sp³-hybridized carbons (Fsp3) is 0.143. The first-order valence-corrected chi connectivity index (χ1v) is 6.36. The molecule has 0 fully saturated rings. The van der Waals surface area contributed by atoms with Gasteiger partial charge in [0.15, 0.2) is 0 Å². The van der Waals surface area contributed by atoms with Gasteiger partial charge < -0.3 is 5.11 Å². The molecule has 0 unspecified atom stereocenters. The monoisotopic (exact) mass is 295 g/mol. The van der Waals surface area contributed by atoms with Gasteiger partial charge in [0.2, 0.25) is 0 Å². The summed E-state index contributed by atoms with van der Waals surface area (Å²) >= 11 is 12.1. The highest BCUT2D eigenvalue weighted by Gasteiger charge is 2.10.